The molecule has 2 rings (SSSR count). The van der Waals surface area contributed by atoms with E-state index >= 15 is 0 Å². The molecule has 0 saturated heterocycles. The number of anilines is 1. The molecule has 0 aliphatic carbocycles. The smallest absolute Gasteiger partial charge is 0.262 e. The number of halogens is 1. The van der Waals surface area contributed by atoms with E-state index in [-0.39, 0.29) is 17.4 Å². The number of hydrogen-bond acceptors (Lipinski definition) is 4. The topological polar surface area (TPSA) is 75.7 Å². The number of para-hydroxylation sites is 1. The molecule has 27 heavy (non-hydrogen) atoms. The van der Waals surface area contributed by atoms with Crippen LogP contribution in [0.4, 0.5) is 5.69 Å². The molecule has 0 aliphatic rings. The van der Waals surface area contributed by atoms with Crippen molar-refractivity contribution >= 4 is 33.2 Å². The van der Waals surface area contributed by atoms with Gasteiger partial charge in [-0.1, -0.05) is 37.1 Å². The lowest BCUT2D eigenvalue weighted by molar-refractivity contribution is -0.118. The number of carbonyl (C=O) groups is 1. The Morgan fingerprint density at radius 1 is 1.15 bits per heavy atom. The fourth-order valence-electron chi connectivity index (χ4n) is 2.29. The molecule has 0 bridgehead atoms. The van der Waals surface area contributed by atoms with Crippen LogP contribution >= 0.6 is 11.6 Å². The number of amides is 1. The van der Waals surface area contributed by atoms with Gasteiger partial charge in [0.1, 0.15) is 5.75 Å². The van der Waals surface area contributed by atoms with Gasteiger partial charge in [0, 0.05) is 19.3 Å². The van der Waals surface area contributed by atoms with Gasteiger partial charge in [-0.05, 0) is 42.8 Å². The highest BCUT2D eigenvalue weighted by molar-refractivity contribution is 7.89. The van der Waals surface area contributed by atoms with Crippen LogP contribution in [0.2, 0.25) is 5.02 Å². The Bertz CT molecular complexity index is 870. The van der Waals surface area contributed by atoms with Crippen LogP contribution in [0.3, 0.4) is 0 Å². The van der Waals surface area contributed by atoms with Crippen molar-refractivity contribution in [2.24, 2.45) is 0 Å². The minimum Gasteiger partial charge on any atom is -0.482 e. The van der Waals surface area contributed by atoms with Gasteiger partial charge in [0.15, 0.2) is 6.61 Å². The summed E-state index contributed by atoms with van der Waals surface area (Å²) in [4.78, 5) is 12.2. The number of carbonyl (C=O) groups excluding carboxylic acids is 1. The van der Waals surface area contributed by atoms with Crippen LogP contribution in [-0.4, -0.2) is 38.8 Å². The standard InChI is InChI=1S/C19H23ClN2O4S/c1-3-4-13-22(2)27(24,25)16-11-9-15(10-12-16)21-19(23)14-26-18-8-6-5-7-17(18)20/h5-12H,3-4,13-14H2,1-2H3,(H,21,23). The van der Waals surface area contributed by atoms with Gasteiger partial charge in [0.05, 0.1) is 9.92 Å². The first-order chi connectivity index (χ1) is 12.8. The van der Waals surface area contributed by atoms with Crippen molar-refractivity contribution in [1.82, 2.24) is 4.31 Å². The Hall–Kier alpha value is -2.09. The number of sulfonamides is 1. The van der Waals surface area contributed by atoms with E-state index in [4.69, 9.17) is 16.3 Å². The quantitative estimate of drug-likeness (QED) is 0.682. The number of rotatable bonds is 9. The molecular weight excluding hydrogens is 388 g/mol. The zero-order valence-electron chi connectivity index (χ0n) is 15.3. The average molecular weight is 411 g/mol. The third-order valence-electron chi connectivity index (χ3n) is 3.87. The third-order valence-corrected chi connectivity index (χ3v) is 6.05. The van der Waals surface area contributed by atoms with Crippen molar-refractivity contribution in [2.45, 2.75) is 24.7 Å². The lowest BCUT2D eigenvalue weighted by Crippen LogP contribution is -2.28. The zero-order valence-corrected chi connectivity index (χ0v) is 16.9. The van der Waals surface area contributed by atoms with Gasteiger partial charge in [-0.25, -0.2) is 12.7 Å². The first kappa shape index (κ1) is 21.2. The van der Waals surface area contributed by atoms with Crippen molar-refractivity contribution in [2.75, 3.05) is 25.5 Å². The summed E-state index contributed by atoms with van der Waals surface area (Å²) in [6, 6.07) is 12.9. The van der Waals surface area contributed by atoms with E-state index in [0.29, 0.717) is 23.0 Å². The normalized spacial score (nSPS) is 11.4. The maximum Gasteiger partial charge on any atom is 0.262 e. The van der Waals surface area contributed by atoms with Gasteiger partial charge in [0.2, 0.25) is 10.0 Å². The fourth-order valence-corrected chi connectivity index (χ4v) is 3.69. The van der Waals surface area contributed by atoms with Crippen LogP contribution in [0.15, 0.2) is 53.4 Å². The molecule has 0 unspecified atom stereocenters. The molecular formula is C19H23ClN2O4S. The first-order valence-electron chi connectivity index (χ1n) is 8.58. The second-order valence-corrected chi connectivity index (χ2v) is 8.42. The van der Waals surface area contributed by atoms with Gasteiger partial charge in [-0.2, -0.15) is 0 Å². The molecule has 2 aromatic rings. The molecule has 0 heterocycles. The second-order valence-electron chi connectivity index (χ2n) is 5.97. The van der Waals surface area contributed by atoms with E-state index in [2.05, 4.69) is 5.32 Å². The van der Waals surface area contributed by atoms with Crippen LogP contribution in [0.25, 0.3) is 0 Å². The number of benzene rings is 2. The molecule has 0 radical (unpaired) electrons. The Morgan fingerprint density at radius 3 is 2.44 bits per heavy atom. The number of ether oxygens (including phenoxy) is 1. The van der Waals surface area contributed by atoms with E-state index < -0.39 is 10.0 Å². The summed E-state index contributed by atoms with van der Waals surface area (Å²) >= 11 is 5.97. The van der Waals surface area contributed by atoms with Crippen LogP contribution in [0, 0.1) is 0 Å². The Labute approximate surface area is 165 Å². The summed E-state index contributed by atoms with van der Waals surface area (Å²) < 4.78 is 31.6. The van der Waals surface area contributed by atoms with Crippen molar-refractivity contribution < 1.29 is 17.9 Å². The van der Waals surface area contributed by atoms with Crippen LogP contribution < -0.4 is 10.1 Å². The summed E-state index contributed by atoms with van der Waals surface area (Å²) in [6.07, 6.45) is 1.72. The van der Waals surface area contributed by atoms with Crippen LogP contribution in [0.1, 0.15) is 19.8 Å². The van der Waals surface area contributed by atoms with Crippen LogP contribution in [0.5, 0.6) is 5.75 Å². The molecule has 0 aliphatic heterocycles. The monoisotopic (exact) mass is 410 g/mol. The van der Waals surface area contributed by atoms with Crippen molar-refractivity contribution in [3.8, 4) is 5.75 Å². The number of nitrogens with zero attached hydrogens (tertiary/aromatic N) is 1. The van der Waals surface area contributed by atoms with E-state index in [1.807, 2.05) is 6.92 Å². The molecule has 146 valence electrons. The molecule has 0 fully saturated rings. The van der Waals surface area contributed by atoms with Gasteiger partial charge >= 0.3 is 0 Å². The number of nitrogens with one attached hydrogen (secondary N) is 1. The predicted octanol–water partition coefficient (Wildman–Crippen LogP) is 3.78. The highest BCUT2D eigenvalue weighted by Gasteiger charge is 2.20. The largest absolute Gasteiger partial charge is 0.482 e. The Kier molecular flexibility index (Phi) is 7.65. The summed E-state index contributed by atoms with van der Waals surface area (Å²) in [6.45, 7) is 2.27. The predicted molar refractivity (Wildman–Crippen MR) is 107 cm³/mol. The van der Waals surface area contributed by atoms with Gasteiger partial charge < -0.3 is 10.1 Å². The molecule has 0 saturated carbocycles. The maximum absolute atomic E-state index is 12.5. The van der Waals surface area contributed by atoms with Crippen molar-refractivity contribution in [3.05, 3.63) is 53.6 Å². The molecule has 0 atom stereocenters. The van der Waals surface area contributed by atoms with Crippen LogP contribution in [-0.2, 0) is 14.8 Å². The fraction of sp³-hybridized carbons (Fsp3) is 0.316. The van der Waals surface area contributed by atoms with E-state index in [1.165, 1.54) is 16.4 Å². The second kappa shape index (κ2) is 9.73. The van der Waals surface area contributed by atoms with Gasteiger partial charge in [-0.15, -0.1) is 0 Å². The zero-order chi connectivity index (χ0) is 19.9. The molecule has 6 nitrogen and oxygen atoms in total. The van der Waals surface area contributed by atoms with E-state index in [1.54, 1.807) is 43.4 Å². The van der Waals surface area contributed by atoms with E-state index in [9.17, 15) is 13.2 Å². The molecule has 0 spiro atoms. The summed E-state index contributed by atoms with van der Waals surface area (Å²) in [5.74, 6) is 0.0523. The SMILES string of the molecule is CCCCN(C)S(=O)(=O)c1ccc(NC(=O)COc2ccccc2Cl)cc1. The first-order valence-corrected chi connectivity index (χ1v) is 10.4. The summed E-state index contributed by atoms with van der Waals surface area (Å²) in [7, 11) is -1.96. The minimum absolute atomic E-state index is 0.186. The van der Waals surface area contributed by atoms with Gasteiger partial charge in [-0.3, -0.25) is 4.79 Å². The highest BCUT2D eigenvalue weighted by atomic mass is 35.5. The van der Waals surface area contributed by atoms with Gasteiger partial charge in [0.25, 0.3) is 5.91 Å². The maximum atomic E-state index is 12.5. The Morgan fingerprint density at radius 2 is 1.81 bits per heavy atom. The number of hydrogen-bond donors (Lipinski definition) is 1. The minimum atomic E-state index is -3.53. The molecule has 2 aromatic carbocycles. The Balaban J connectivity index is 1.95. The lowest BCUT2D eigenvalue weighted by Gasteiger charge is -2.17. The molecule has 1 amide bonds. The third kappa shape index (κ3) is 5.95. The number of unbranched alkanes of at least 4 members (excludes halogenated alkanes) is 1. The lowest BCUT2D eigenvalue weighted by atomic mass is 10.3. The molecule has 8 heteroatoms. The molecule has 0 aromatic heterocycles. The van der Waals surface area contributed by atoms with Crippen molar-refractivity contribution in [3.63, 3.8) is 0 Å². The van der Waals surface area contributed by atoms with Crippen molar-refractivity contribution in [1.29, 1.82) is 0 Å². The average Bonchev–Trinajstić information content (AvgIpc) is 2.65. The summed E-state index contributed by atoms with van der Waals surface area (Å²) in [5, 5.41) is 3.08. The summed E-state index contributed by atoms with van der Waals surface area (Å²) in [5.41, 5.74) is 0.484. The molecule has 1 N–H and O–H groups in total. The van der Waals surface area contributed by atoms with E-state index in [0.717, 1.165) is 12.8 Å². The highest BCUT2D eigenvalue weighted by Crippen LogP contribution is 2.23.